The number of ether oxygens (including phenoxy) is 2. The van der Waals surface area contributed by atoms with E-state index in [0.29, 0.717) is 19.4 Å². The number of rotatable bonds is 4. The number of nitrogens with one attached hydrogen (secondary N) is 1. The van der Waals surface area contributed by atoms with Crippen molar-refractivity contribution in [3.8, 4) is 0 Å². The van der Waals surface area contributed by atoms with Crippen LogP contribution in [-0.4, -0.2) is 93.7 Å². The van der Waals surface area contributed by atoms with Gasteiger partial charge in [-0.25, -0.2) is 0 Å². The Hall–Kier alpha value is -3.50. The van der Waals surface area contributed by atoms with Crippen molar-refractivity contribution >= 4 is 23.7 Å². The first-order valence-electron chi connectivity index (χ1n) is 14.8. The lowest BCUT2D eigenvalue weighted by atomic mass is 9.77. The van der Waals surface area contributed by atoms with E-state index in [2.05, 4.69) is 5.32 Å². The molecule has 5 rings (SSSR count). The summed E-state index contributed by atoms with van der Waals surface area (Å²) in [6, 6.07) is 7.67. The zero-order valence-corrected chi connectivity index (χ0v) is 24.7. The number of allylic oxidation sites excluding steroid dienone is 1. The molecule has 1 aromatic carbocycles. The molecule has 1 spiro atoms. The van der Waals surface area contributed by atoms with Crippen LogP contribution in [0.1, 0.15) is 46.1 Å². The highest BCUT2D eigenvalue weighted by atomic mass is 16.6. The average molecular weight is 580 g/mol. The van der Waals surface area contributed by atoms with Crippen molar-refractivity contribution in [2.75, 3.05) is 19.7 Å². The number of aliphatic hydroxyl groups excluding tert-OH is 1. The smallest absolute Gasteiger partial charge is 0.313 e. The normalized spacial score (nSPS) is 33.4. The van der Waals surface area contributed by atoms with Crippen LogP contribution in [0, 0.1) is 11.8 Å². The summed E-state index contributed by atoms with van der Waals surface area (Å²) in [6.07, 6.45) is 6.65. The van der Waals surface area contributed by atoms with Gasteiger partial charge in [-0.3, -0.25) is 19.2 Å². The van der Waals surface area contributed by atoms with Gasteiger partial charge in [-0.05, 0) is 46.1 Å². The van der Waals surface area contributed by atoms with Crippen molar-refractivity contribution in [2.24, 2.45) is 11.8 Å². The summed E-state index contributed by atoms with van der Waals surface area (Å²) in [5.74, 6) is -3.55. The third-order valence-electron chi connectivity index (χ3n) is 8.70. The third-order valence-corrected chi connectivity index (χ3v) is 8.70. The minimum Gasteiger partial charge on any atom is -0.460 e. The first-order valence-corrected chi connectivity index (χ1v) is 14.8. The summed E-state index contributed by atoms with van der Waals surface area (Å²) in [5, 5.41) is 13.4. The number of hydrogen-bond donors (Lipinski definition) is 2. The zero-order chi connectivity index (χ0) is 30.2. The Kier molecular flexibility index (Phi) is 8.31. The number of esters is 1. The number of carbonyl (C=O) groups is 4. The number of hydrogen-bond acceptors (Lipinski definition) is 7. The second-order valence-electron chi connectivity index (χ2n) is 12.7. The van der Waals surface area contributed by atoms with E-state index in [-0.39, 0.29) is 31.4 Å². The fourth-order valence-corrected chi connectivity index (χ4v) is 6.74. The summed E-state index contributed by atoms with van der Waals surface area (Å²) in [4.78, 5) is 58.2. The van der Waals surface area contributed by atoms with Crippen LogP contribution >= 0.6 is 0 Å². The maximum absolute atomic E-state index is 14.6. The van der Waals surface area contributed by atoms with Crippen molar-refractivity contribution in [3.63, 3.8) is 0 Å². The van der Waals surface area contributed by atoms with E-state index < -0.39 is 59.1 Å². The lowest BCUT2D eigenvalue weighted by Crippen LogP contribution is -2.61. The number of benzene rings is 1. The standard InChI is InChI=1S/C32H41N3O7/c1-20-18-33-24(37)14-9-8-13-23-25(30(40)41-20)26-28(38)35(22(19-36)17-21-11-6-5-7-12-21)27-29(39)34(31(2,3)4)16-10-15-32(26,27)42-23/h5-8,10-13,15,20,22-23,25-27,36H,9,14,16-19H2,1-4H3,(H,33,37)/b13-8-/t20-,22-,23-,25+,26+,27-,32+/m1/s1. The molecule has 4 heterocycles. The molecule has 3 amide bonds. The monoisotopic (exact) mass is 579 g/mol. The molecular formula is C32H41N3O7. The van der Waals surface area contributed by atoms with Gasteiger partial charge in [0.2, 0.25) is 17.7 Å². The van der Waals surface area contributed by atoms with Crippen molar-refractivity contribution in [2.45, 2.75) is 82.4 Å². The fourth-order valence-electron chi connectivity index (χ4n) is 6.74. The highest BCUT2D eigenvalue weighted by molar-refractivity contribution is 5.99. The first kappa shape index (κ1) is 30.0. The molecule has 0 radical (unpaired) electrons. The van der Waals surface area contributed by atoms with Gasteiger partial charge in [-0.2, -0.15) is 0 Å². The number of amides is 3. The van der Waals surface area contributed by atoms with Crippen molar-refractivity contribution in [1.82, 2.24) is 15.1 Å². The Balaban J connectivity index is 1.62. The van der Waals surface area contributed by atoms with Gasteiger partial charge in [0, 0.05) is 18.5 Å². The van der Waals surface area contributed by atoms with E-state index in [9.17, 15) is 24.3 Å². The molecule has 0 aliphatic carbocycles. The fraction of sp³-hybridized carbons (Fsp3) is 0.562. The highest BCUT2D eigenvalue weighted by Crippen LogP contribution is 2.54. The van der Waals surface area contributed by atoms with Gasteiger partial charge in [-0.1, -0.05) is 54.6 Å². The minimum absolute atomic E-state index is 0.146. The van der Waals surface area contributed by atoms with Gasteiger partial charge >= 0.3 is 5.97 Å². The zero-order valence-electron chi connectivity index (χ0n) is 24.7. The molecule has 10 heteroatoms. The SMILES string of the molecule is C[C@@H]1CNC(=O)CC/C=C\[C@H]2O[C@]34C=CCN(C(C)(C)C)C(=O)[C@H]3N([C@@H](CO)Cc3ccccc3)C(=O)[C@@H]4[C@H]2C(=O)O1. The number of carbonyl (C=O) groups excluding carboxylic acids is 4. The highest BCUT2D eigenvalue weighted by Gasteiger charge is 2.72. The predicted molar refractivity (Wildman–Crippen MR) is 154 cm³/mol. The maximum atomic E-state index is 14.6. The van der Waals surface area contributed by atoms with Crippen LogP contribution in [0.3, 0.4) is 0 Å². The number of aliphatic hydroxyl groups is 1. The molecule has 0 bridgehead atoms. The molecule has 2 N–H and O–H groups in total. The lowest BCUT2D eigenvalue weighted by Gasteiger charge is -2.42. The maximum Gasteiger partial charge on any atom is 0.313 e. The molecule has 2 fully saturated rings. The summed E-state index contributed by atoms with van der Waals surface area (Å²) in [6.45, 7) is 7.56. The van der Waals surface area contributed by atoms with Crippen molar-refractivity contribution in [1.29, 1.82) is 0 Å². The number of fused-ring (bicyclic) bond motifs is 2. The molecule has 10 nitrogen and oxygen atoms in total. The van der Waals surface area contributed by atoms with Crippen LogP contribution in [0.5, 0.6) is 0 Å². The number of cyclic esters (lactones) is 1. The van der Waals surface area contributed by atoms with Crippen molar-refractivity contribution < 1.29 is 33.8 Å². The van der Waals surface area contributed by atoms with E-state index in [1.807, 2.05) is 57.2 Å². The van der Waals surface area contributed by atoms with Crippen LogP contribution in [0.15, 0.2) is 54.6 Å². The summed E-state index contributed by atoms with van der Waals surface area (Å²) < 4.78 is 12.5. The second-order valence-corrected chi connectivity index (χ2v) is 12.7. The third kappa shape index (κ3) is 5.38. The molecule has 0 aromatic heterocycles. The Morgan fingerprint density at radius 1 is 1.10 bits per heavy atom. The van der Waals surface area contributed by atoms with Gasteiger partial charge in [0.05, 0.1) is 31.2 Å². The number of nitrogens with zero attached hydrogens (tertiary/aromatic N) is 2. The Morgan fingerprint density at radius 2 is 1.83 bits per heavy atom. The van der Waals surface area contributed by atoms with Crippen LogP contribution in [0.25, 0.3) is 0 Å². The molecule has 42 heavy (non-hydrogen) atoms. The Bertz CT molecular complexity index is 1270. The van der Waals surface area contributed by atoms with E-state index >= 15 is 0 Å². The molecule has 1 aromatic rings. The molecule has 2 saturated heterocycles. The molecule has 7 atom stereocenters. The molecule has 0 saturated carbocycles. The predicted octanol–water partition coefficient (Wildman–Crippen LogP) is 1.77. The first-order chi connectivity index (χ1) is 20.0. The van der Waals surface area contributed by atoms with E-state index in [0.717, 1.165) is 5.56 Å². The van der Waals surface area contributed by atoms with Gasteiger partial charge in [0.1, 0.15) is 23.7 Å². The number of likely N-dealkylation sites (tertiary alicyclic amines) is 1. The topological polar surface area (TPSA) is 125 Å². The van der Waals surface area contributed by atoms with E-state index in [1.54, 1.807) is 30.1 Å². The average Bonchev–Trinajstić information content (AvgIpc) is 3.32. The van der Waals surface area contributed by atoms with E-state index in [4.69, 9.17) is 9.47 Å². The van der Waals surface area contributed by atoms with Crippen LogP contribution in [-0.2, 0) is 35.1 Å². The molecule has 226 valence electrons. The molecule has 0 unspecified atom stereocenters. The van der Waals surface area contributed by atoms with Gasteiger partial charge in [0.15, 0.2) is 0 Å². The molecule has 4 aliphatic heterocycles. The second kappa shape index (κ2) is 11.6. The Labute approximate surface area is 246 Å². The molecule has 4 aliphatic rings. The van der Waals surface area contributed by atoms with E-state index in [1.165, 1.54) is 4.90 Å². The minimum atomic E-state index is -1.45. The lowest BCUT2D eigenvalue weighted by molar-refractivity contribution is -0.160. The largest absolute Gasteiger partial charge is 0.460 e. The Morgan fingerprint density at radius 3 is 2.52 bits per heavy atom. The van der Waals surface area contributed by atoms with Crippen LogP contribution in [0.4, 0.5) is 0 Å². The summed E-state index contributed by atoms with van der Waals surface area (Å²) in [5.41, 5.74) is -1.11. The van der Waals surface area contributed by atoms with Crippen molar-refractivity contribution in [3.05, 3.63) is 60.2 Å². The van der Waals surface area contributed by atoms with Crippen LogP contribution in [0.2, 0.25) is 0 Å². The van der Waals surface area contributed by atoms with Crippen LogP contribution < -0.4 is 5.32 Å². The quantitative estimate of drug-likeness (QED) is 0.411. The summed E-state index contributed by atoms with van der Waals surface area (Å²) >= 11 is 0. The van der Waals surface area contributed by atoms with Gasteiger partial charge in [0.25, 0.3) is 0 Å². The summed E-state index contributed by atoms with van der Waals surface area (Å²) in [7, 11) is 0. The van der Waals surface area contributed by atoms with Gasteiger partial charge in [-0.15, -0.1) is 0 Å². The molecular weight excluding hydrogens is 538 g/mol. The van der Waals surface area contributed by atoms with Gasteiger partial charge < -0.3 is 29.7 Å².